The van der Waals surface area contributed by atoms with Crippen molar-refractivity contribution in [2.24, 2.45) is 5.92 Å². The molecule has 1 amide bonds. The fourth-order valence-electron chi connectivity index (χ4n) is 3.83. The number of aliphatic hydroxyl groups is 1. The Hall–Kier alpha value is -1.68. The van der Waals surface area contributed by atoms with Crippen LogP contribution in [0.4, 0.5) is 4.79 Å². The molecule has 2 atom stereocenters. The van der Waals surface area contributed by atoms with Crippen LogP contribution in [0.1, 0.15) is 51.5 Å². The summed E-state index contributed by atoms with van der Waals surface area (Å²) in [5.74, 6) is 0.0557. The van der Waals surface area contributed by atoms with Crippen molar-refractivity contribution in [1.29, 1.82) is 0 Å². The molecular weight excluding hydrogens is 406 g/mol. The Morgan fingerprint density at radius 3 is 2.33 bits per heavy atom. The van der Waals surface area contributed by atoms with Crippen LogP contribution >= 0.6 is 0 Å². The van der Waals surface area contributed by atoms with Gasteiger partial charge in [-0.3, -0.25) is 0 Å². The third-order valence-electron chi connectivity index (χ3n) is 5.29. The zero-order valence-electron chi connectivity index (χ0n) is 17.8. The van der Waals surface area contributed by atoms with Gasteiger partial charge in [-0.15, -0.1) is 0 Å². The molecule has 1 aromatic rings. The van der Waals surface area contributed by atoms with Crippen molar-refractivity contribution in [2.75, 3.05) is 13.1 Å². The van der Waals surface area contributed by atoms with Gasteiger partial charge < -0.3 is 15.5 Å². The van der Waals surface area contributed by atoms with E-state index < -0.39 is 28.4 Å². The number of rotatable bonds is 11. The molecule has 0 aromatic heterocycles. The highest BCUT2D eigenvalue weighted by Crippen LogP contribution is 2.19. The van der Waals surface area contributed by atoms with Crippen LogP contribution in [0.3, 0.4) is 0 Å². The van der Waals surface area contributed by atoms with Gasteiger partial charge in [0.25, 0.3) is 10.2 Å². The topological polar surface area (TPSA) is 119 Å². The van der Waals surface area contributed by atoms with Crippen LogP contribution in [0, 0.1) is 5.92 Å². The van der Waals surface area contributed by atoms with Gasteiger partial charge in [-0.1, -0.05) is 63.4 Å². The summed E-state index contributed by atoms with van der Waals surface area (Å²) in [5, 5.41) is 22.4. The summed E-state index contributed by atoms with van der Waals surface area (Å²) >= 11 is 0. The predicted molar refractivity (Wildman–Crippen MR) is 116 cm³/mol. The summed E-state index contributed by atoms with van der Waals surface area (Å²) < 4.78 is 30.1. The normalized spacial score (nSPS) is 17.8. The van der Waals surface area contributed by atoms with Gasteiger partial charge in [0.1, 0.15) is 0 Å². The van der Waals surface area contributed by atoms with E-state index in [-0.39, 0.29) is 31.5 Å². The summed E-state index contributed by atoms with van der Waals surface area (Å²) in [6.07, 6.45) is 2.57. The Morgan fingerprint density at radius 1 is 1.13 bits per heavy atom. The zero-order valence-corrected chi connectivity index (χ0v) is 18.6. The number of hydrogen-bond acceptors (Lipinski definition) is 4. The van der Waals surface area contributed by atoms with Crippen molar-refractivity contribution in [2.45, 2.75) is 70.6 Å². The Bertz CT molecular complexity index is 751. The summed E-state index contributed by atoms with van der Waals surface area (Å²) in [4.78, 5) is 11.3. The van der Waals surface area contributed by atoms with Crippen molar-refractivity contribution in [3.05, 3.63) is 35.9 Å². The molecule has 170 valence electrons. The van der Waals surface area contributed by atoms with E-state index in [1.807, 2.05) is 44.2 Å². The van der Waals surface area contributed by atoms with Crippen LogP contribution in [-0.4, -0.2) is 60.3 Å². The van der Waals surface area contributed by atoms with Crippen molar-refractivity contribution in [3.8, 4) is 0 Å². The number of nitrogens with zero attached hydrogens (tertiary/aromatic N) is 1. The van der Waals surface area contributed by atoms with E-state index in [0.29, 0.717) is 0 Å². The summed E-state index contributed by atoms with van der Waals surface area (Å²) in [5.41, 5.74) is 0.855. The van der Waals surface area contributed by atoms with Crippen molar-refractivity contribution < 1.29 is 23.4 Å². The molecule has 0 bridgehead atoms. The second-order valence-electron chi connectivity index (χ2n) is 8.48. The first-order chi connectivity index (χ1) is 14.2. The number of nitrogens with one attached hydrogen (secondary N) is 2. The van der Waals surface area contributed by atoms with Gasteiger partial charge in [-0.25, -0.2) is 4.79 Å². The molecule has 9 heteroatoms. The first-order valence-corrected chi connectivity index (χ1v) is 12.1. The van der Waals surface area contributed by atoms with E-state index in [0.717, 1.165) is 37.7 Å². The summed E-state index contributed by atoms with van der Waals surface area (Å²) in [6.45, 7) is 3.88. The molecule has 0 spiro atoms. The molecule has 0 aliphatic heterocycles. The Balaban J connectivity index is 2.13. The second-order valence-corrected chi connectivity index (χ2v) is 10.2. The minimum absolute atomic E-state index is 0.0557. The molecule has 2 rings (SSSR count). The molecule has 30 heavy (non-hydrogen) atoms. The van der Waals surface area contributed by atoms with Crippen molar-refractivity contribution in [1.82, 2.24) is 14.3 Å². The van der Waals surface area contributed by atoms with Crippen LogP contribution in [0.2, 0.25) is 0 Å². The lowest BCUT2D eigenvalue weighted by atomic mass is 9.96. The average Bonchev–Trinajstić information content (AvgIpc) is 2.67. The molecule has 1 aromatic carbocycles. The molecule has 1 fully saturated rings. The molecule has 8 nitrogen and oxygen atoms in total. The maximum Gasteiger partial charge on any atom is 0.404 e. The third-order valence-corrected chi connectivity index (χ3v) is 6.90. The minimum Gasteiger partial charge on any atom is -0.465 e. The van der Waals surface area contributed by atoms with E-state index in [4.69, 9.17) is 0 Å². The van der Waals surface area contributed by atoms with E-state index in [9.17, 15) is 23.4 Å². The lowest BCUT2D eigenvalue weighted by Gasteiger charge is -2.32. The molecule has 1 saturated carbocycles. The van der Waals surface area contributed by atoms with E-state index >= 15 is 0 Å². The zero-order chi connectivity index (χ0) is 22.1. The van der Waals surface area contributed by atoms with Crippen LogP contribution in [0.15, 0.2) is 30.3 Å². The highest BCUT2D eigenvalue weighted by Gasteiger charge is 2.31. The van der Waals surface area contributed by atoms with Crippen LogP contribution in [-0.2, 0) is 16.6 Å². The largest absolute Gasteiger partial charge is 0.465 e. The molecule has 0 radical (unpaired) electrons. The minimum atomic E-state index is -3.80. The second kappa shape index (κ2) is 11.6. The molecule has 0 heterocycles. The van der Waals surface area contributed by atoms with Gasteiger partial charge in [0.05, 0.1) is 12.1 Å². The summed E-state index contributed by atoms with van der Waals surface area (Å²) in [6, 6.07) is 8.30. The highest BCUT2D eigenvalue weighted by atomic mass is 32.2. The maximum absolute atomic E-state index is 13.0. The first-order valence-electron chi connectivity index (χ1n) is 10.7. The molecule has 0 unspecified atom stereocenters. The van der Waals surface area contributed by atoms with Gasteiger partial charge in [0, 0.05) is 19.1 Å². The van der Waals surface area contributed by atoms with Gasteiger partial charge >= 0.3 is 6.09 Å². The molecule has 1 aliphatic carbocycles. The lowest BCUT2D eigenvalue weighted by Crippen LogP contribution is -2.54. The number of benzene rings is 1. The van der Waals surface area contributed by atoms with Crippen LogP contribution < -0.4 is 10.0 Å². The summed E-state index contributed by atoms with van der Waals surface area (Å²) in [7, 11) is -3.80. The quantitative estimate of drug-likeness (QED) is 0.420. The van der Waals surface area contributed by atoms with Gasteiger partial charge in [0.2, 0.25) is 0 Å². The molecule has 4 N–H and O–H groups in total. The molecular formula is C21H35N3O5S. The Kier molecular flexibility index (Phi) is 9.54. The molecule has 0 saturated heterocycles. The van der Waals surface area contributed by atoms with Crippen LogP contribution in [0.25, 0.3) is 0 Å². The predicted octanol–water partition coefficient (Wildman–Crippen LogP) is 2.35. The van der Waals surface area contributed by atoms with Gasteiger partial charge in [0.15, 0.2) is 0 Å². The first kappa shape index (κ1) is 24.6. The number of amides is 1. The van der Waals surface area contributed by atoms with Gasteiger partial charge in [-0.05, 0) is 30.7 Å². The lowest BCUT2D eigenvalue weighted by molar-refractivity contribution is 0.0975. The SMILES string of the molecule is CC(C)CN(C[C@@H](O)[C@H](Cc1ccccc1)NC(=O)O)S(=O)(=O)NC1CCCCC1. The maximum atomic E-state index is 13.0. The van der Waals surface area contributed by atoms with Crippen molar-refractivity contribution >= 4 is 16.3 Å². The van der Waals surface area contributed by atoms with E-state index in [1.165, 1.54) is 4.31 Å². The van der Waals surface area contributed by atoms with Gasteiger partial charge in [-0.2, -0.15) is 17.4 Å². The Labute approximate surface area is 179 Å². The average molecular weight is 442 g/mol. The van der Waals surface area contributed by atoms with E-state index in [1.54, 1.807) is 0 Å². The smallest absolute Gasteiger partial charge is 0.404 e. The number of hydrogen-bond donors (Lipinski definition) is 4. The monoisotopic (exact) mass is 441 g/mol. The third kappa shape index (κ3) is 8.22. The standard InChI is InChI=1S/C21H35N3O5S/c1-16(2)14-24(30(28,29)23-18-11-7-4-8-12-18)15-20(25)19(22-21(26)27)13-17-9-5-3-6-10-17/h3,5-6,9-10,16,18-20,22-23,25H,4,7-8,11-15H2,1-2H3,(H,26,27)/t19-,20+/m0/s1. The fraction of sp³-hybridized carbons (Fsp3) is 0.667. The van der Waals surface area contributed by atoms with Crippen LogP contribution in [0.5, 0.6) is 0 Å². The Morgan fingerprint density at radius 2 is 1.77 bits per heavy atom. The number of carbonyl (C=O) groups is 1. The fourth-order valence-corrected chi connectivity index (χ4v) is 5.48. The van der Waals surface area contributed by atoms with E-state index in [2.05, 4.69) is 10.0 Å². The number of aliphatic hydroxyl groups excluding tert-OH is 1. The number of carboxylic acid groups (broad SMARTS) is 1. The molecule has 1 aliphatic rings. The van der Waals surface area contributed by atoms with Crippen molar-refractivity contribution in [3.63, 3.8) is 0 Å². The highest BCUT2D eigenvalue weighted by molar-refractivity contribution is 7.87.